The number of carbonyl (C=O) groups excluding carboxylic acids is 1. The van der Waals surface area contributed by atoms with Crippen molar-refractivity contribution >= 4 is 17.3 Å². The predicted octanol–water partition coefficient (Wildman–Crippen LogP) is 2.37. The molecule has 4 heteroatoms. The molecule has 1 heterocycles. The van der Waals surface area contributed by atoms with Crippen LogP contribution in [0.15, 0.2) is 54.6 Å². The van der Waals surface area contributed by atoms with Crippen molar-refractivity contribution in [3.8, 4) is 0 Å². The van der Waals surface area contributed by atoms with E-state index in [1.54, 1.807) is 0 Å². The van der Waals surface area contributed by atoms with Crippen molar-refractivity contribution in [3.05, 3.63) is 60.2 Å². The lowest BCUT2D eigenvalue weighted by Gasteiger charge is -2.33. The monoisotopic (exact) mass is 352 g/mol. The number of carbonyl (C=O) groups is 1. The number of benzene rings is 2. The normalized spacial score (nSPS) is 15.0. The number of hydrogen-bond acceptors (Lipinski definition) is 2. The molecular weight excluding hydrogens is 322 g/mol. The van der Waals surface area contributed by atoms with Crippen molar-refractivity contribution < 1.29 is 9.69 Å². The molecule has 0 radical (unpaired) electrons. The number of quaternary nitrogens is 1. The summed E-state index contributed by atoms with van der Waals surface area (Å²) in [6, 6.07) is 18.8. The van der Waals surface area contributed by atoms with Gasteiger partial charge in [0.25, 0.3) is 5.91 Å². The molecule has 0 unspecified atom stereocenters. The highest BCUT2D eigenvalue weighted by Crippen LogP contribution is 2.13. The number of nitrogens with one attached hydrogen (secondary N) is 2. The Kier molecular flexibility index (Phi) is 6.67. The molecule has 0 bridgehead atoms. The largest absolute Gasteiger partial charge is 0.360 e. The first kappa shape index (κ1) is 18.5. The van der Waals surface area contributed by atoms with Gasteiger partial charge in [-0.2, -0.15) is 0 Å². The smallest absolute Gasteiger partial charge is 0.279 e. The average Bonchev–Trinajstić information content (AvgIpc) is 2.69. The van der Waals surface area contributed by atoms with Crippen molar-refractivity contribution in [1.29, 1.82) is 0 Å². The molecule has 2 aromatic rings. The van der Waals surface area contributed by atoms with Crippen LogP contribution >= 0.6 is 0 Å². The second-order valence-corrected chi connectivity index (χ2v) is 7.10. The molecule has 1 saturated heterocycles. The van der Waals surface area contributed by atoms with Crippen molar-refractivity contribution in [2.75, 3.05) is 42.9 Å². The molecule has 2 aromatic carbocycles. The first-order valence-corrected chi connectivity index (χ1v) is 9.77. The van der Waals surface area contributed by atoms with Crippen LogP contribution in [0.3, 0.4) is 0 Å². The van der Waals surface area contributed by atoms with Gasteiger partial charge in [-0.25, -0.2) is 0 Å². The molecular formula is C22H30N3O+. The molecule has 0 aliphatic carbocycles. The molecule has 138 valence electrons. The molecule has 0 spiro atoms. The van der Waals surface area contributed by atoms with Crippen LogP contribution in [0.25, 0.3) is 0 Å². The van der Waals surface area contributed by atoms with Gasteiger partial charge in [-0.15, -0.1) is 0 Å². The number of para-hydroxylation sites is 1. The summed E-state index contributed by atoms with van der Waals surface area (Å²) >= 11 is 0. The van der Waals surface area contributed by atoms with Crippen LogP contribution in [-0.2, 0) is 11.2 Å². The number of aryl methyl sites for hydroxylation is 1. The number of rotatable bonds is 7. The van der Waals surface area contributed by atoms with E-state index >= 15 is 0 Å². The van der Waals surface area contributed by atoms with E-state index in [9.17, 15) is 4.79 Å². The van der Waals surface area contributed by atoms with Gasteiger partial charge in [-0.3, -0.25) is 4.79 Å². The summed E-state index contributed by atoms with van der Waals surface area (Å²) in [6.45, 7) is 6.74. The highest BCUT2D eigenvalue weighted by Gasteiger charge is 2.22. The minimum atomic E-state index is 0.106. The lowest BCUT2D eigenvalue weighted by molar-refractivity contribution is -0.892. The van der Waals surface area contributed by atoms with E-state index in [2.05, 4.69) is 53.5 Å². The summed E-state index contributed by atoms with van der Waals surface area (Å²) < 4.78 is 0. The summed E-state index contributed by atoms with van der Waals surface area (Å²) in [4.78, 5) is 16.1. The van der Waals surface area contributed by atoms with Crippen molar-refractivity contribution in [2.45, 2.75) is 26.2 Å². The molecule has 1 fully saturated rings. The molecule has 2 N–H and O–H groups in total. The number of piperazine rings is 1. The summed E-state index contributed by atoms with van der Waals surface area (Å²) in [5, 5.41) is 3.04. The molecule has 0 aromatic heterocycles. The highest BCUT2D eigenvalue weighted by molar-refractivity contribution is 5.91. The van der Waals surface area contributed by atoms with Crippen molar-refractivity contribution in [1.82, 2.24) is 0 Å². The molecule has 1 amide bonds. The maximum absolute atomic E-state index is 12.3. The summed E-state index contributed by atoms with van der Waals surface area (Å²) in [5.74, 6) is 0.106. The van der Waals surface area contributed by atoms with Crippen LogP contribution in [-0.4, -0.2) is 38.6 Å². The number of anilines is 2. The fraction of sp³-hybridized carbons (Fsp3) is 0.409. The third-order valence-electron chi connectivity index (χ3n) is 5.06. The minimum Gasteiger partial charge on any atom is -0.360 e. The molecule has 4 nitrogen and oxygen atoms in total. The Morgan fingerprint density at radius 1 is 1.04 bits per heavy atom. The van der Waals surface area contributed by atoms with Gasteiger partial charge in [0, 0.05) is 11.4 Å². The zero-order valence-electron chi connectivity index (χ0n) is 15.7. The number of hydrogen-bond donors (Lipinski definition) is 2. The third-order valence-corrected chi connectivity index (χ3v) is 5.06. The SMILES string of the molecule is CCCCc1ccc(NC(=O)C[NH+]2CCN(c3ccccc3)CC2)cc1. The van der Waals surface area contributed by atoms with Gasteiger partial charge in [0.15, 0.2) is 6.54 Å². The summed E-state index contributed by atoms with van der Waals surface area (Å²) in [7, 11) is 0. The van der Waals surface area contributed by atoms with Gasteiger partial charge in [-0.05, 0) is 42.7 Å². The molecule has 3 rings (SSSR count). The summed E-state index contributed by atoms with van der Waals surface area (Å²) in [5.41, 5.74) is 3.52. The maximum atomic E-state index is 12.3. The van der Waals surface area contributed by atoms with E-state index in [1.807, 2.05) is 18.2 Å². The molecule has 1 aliphatic rings. The predicted molar refractivity (Wildman–Crippen MR) is 108 cm³/mol. The first-order valence-electron chi connectivity index (χ1n) is 9.77. The number of unbranched alkanes of at least 4 members (excludes halogenated alkanes) is 1. The Morgan fingerprint density at radius 3 is 2.38 bits per heavy atom. The number of amides is 1. The topological polar surface area (TPSA) is 36.8 Å². The van der Waals surface area contributed by atoms with Gasteiger partial charge < -0.3 is 15.1 Å². The Morgan fingerprint density at radius 2 is 1.73 bits per heavy atom. The second kappa shape index (κ2) is 9.39. The minimum absolute atomic E-state index is 0.106. The standard InChI is InChI=1S/C22H29N3O/c1-2-3-7-19-10-12-20(13-11-19)23-22(26)18-24-14-16-25(17-15-24)21-8-5-4-6-9-21/h4-6,8-13H,2-3,7,14-18H2,1H3,(H,23,26)/p+1. The quantitative estimate of drug-likeness (QED) is 0.803. The van der Waals surface area contributed by atoms with Crippen LogP contribution in [0.1, 0.15) is 25.3 Å². The van der Waals surface area contributed by atoms with Crippen molar-refractivity contribution in [3.63, 3.8) is 0 Å². The van der Waals surface area contributed by atoms with Gasteiger partial charge >= 0.3 is 0 Å². The Balaban J connectivity index is 1.43. The van der Waals surface area contributed by atoms with E-state index in [4.69, 9.17) is 0 Å². The number of nitrogens with zero attached hydrogens (tertiary/aromatic N) is 1. The van der Waals surface area contributed by atoms with E-state index in [-0.39, 0.29) is 5.91 Å². The molecule has 0 saturated carbocycles. The van der Waals surface area contributed by atoms with Gasteiger partial charge in [0.05, 0.1) is 26.2 Å². The summed E-state index contributed by atoms with van der Waals surface area (Å²) in [6.07, 6.45) is 3.53. The zero-order valence-corrected chi connectivity index (χ0v) is 15.7. The van der Waals surface area contributed by atoms with Gasteiger partial charge in [-0.1, -0.05) is 43.7 Å². The third kappa shape index (κ3) is 5.33. The van der Waals surface area contributed by atoms with E-state index in [1.165, 1.54) is 29.0 Å². The highest BCUT2D eigenvalue weighted by atomic mass is 16.2. The molecule has 26 heavy (non-hydrogen) atoms. The fourth-order valence-corrected chi connectivity index (χ4v) is 3.46. The van der Waals surface area contributed by atoms with E-state index < -0.39 is 0 Å². The van der Waals surface area contributed by atoms with Crippen LogP contribution < -0.4 is 15.1 Å². The van der Waals surface area contributed by atoms with Crippen LogP contribution in [0.4, 0.5) is 11.4 Å². The maximum Gasteiger partial charge on any atom is 0.279 e. The molecule has 1 aliphatic heterocycles. The van der Waals surface area contributed by atoms with Crippen LogP contribution in [0, 0.1) is 0 Å². The fourth-order valence-electron chi connectivity index (χ4n) is 3.46. The average molecular weight is 353 g/mol. The van der Waals surface area contributed by atoms with Gasteiger partial charge in [0.2, 0.25) is 0 Å². The Bertz CT molecular complexity index is 676. The van der Waals surface area contributed by atoms with E-state index in [0.717, 1.165) is 38.3 Å². The first-order chi connectivity index (χ1) is 12.7. The lowest BCUT2D eigenvalue weighted by atomic mass is 10.1. The van der Waals surface area contributed by atoms with Crippen LogP contribution in [0.2, 0.25) is 0 Å². The second-order valence-electron chi connectivity index (χ2n) is 7.10. The molecule has 0 atom stereocenters. The Hall–Kier alpha value is -2.33. The van der Waals surface area contributed by atoms with Crippen molar-refractivity contribution in [2.24, 2.45) is 0 Å². The van der Waals surface area contributed by atoms with Crippen LogP contribution in [0.5, 0.6) is 0 Å². The van der Waals surface area contributed by atoms with E-state index in [0.29, 0.717) is 6.54 Å². The lowest BCUT2D eigenvalue weighted by Crippen LogP contribution is -3.15. The van der Waals surface area contributed by atoms with Gasteiger partial charge in [0.1, 0.15) is 0 Å². The zero-order chi connectivity index (χ0) is 18.2. The Labute approximate surface area is 156 Å².